The van der Waals surface area contributed by atoms with Gasteiger partial charge in [0, 0.05) is 19.6 Å². The van der Waals surface area contributed by atoms with Crippen LogP contribution < -0.4 is 10.1 Å². The molecule has 1 amide bonds. The first kappa shape index (κ1) is 22.4. The van der Waals surface area contributed by atoms with Gasteiger partial charge in [-0.15, -0.1) is 13.2 Å². The number of halogens is 4. The van der Waals surface area contributed by atoms with Gasteiger partial charge in [0.25, 0.3) is 0 Å². The summed E-state index contributed by atoms with van der Waals surface area (Å²) >= 11 is 6.07. The lowest BCUT2D eigenvalue weighted by molar-refractivity contribution is -0.274. The number of amides is 1. The number of nitrogens with zero attached hydrogens (tertiary/aromatic N) is 2. The second kappa shape index (κ2) is 10.1. The van der Waals surface area contributed by atoms with Crippen molar-refractivity contribution in [2.75, 3.05) is 38.0 Å². The molecule has 3 rings (SSSR count). The molecule has 5 nitrogen and oxygen atoms in total. The predicted molar refractivity (Wildman–Crippen MR) is 110 cm³/mol. The minimum absolute atomic E-state index is 0.131. The number of hydrogen-bond donors (Lipinski definition) is 1. The highest BCUT2D eigenvalue weighted by atomic mass is 35.5. The van der Waals surface area contributed by atoms with Crippen LogP contribution in [0.4, 0.5) is 18.9 Å². The number of hydrogen-bond acceptors (Lipinski definition) is 4. The minimum atomic E-state index is -4.70. The Kier molecular flexibility index (Phi) is 7.58. The van der Waals surface area contributed by atoms with Crippen LogP contribution in [0.1, 0.15) is 12.0 Å². The van der Waals surface area contributed by atoms with E-state index in [1.807, 2.05) is 0 Å². The number of alkyl halides is 3. The van der Waals surface area contributed by atoms with Crippen LogP contribution in [0.25, 0.3) is 0 Å². The monoisotopic (exact) mass is 441 g/mol. The number of nitrogens with one attached hydrogen (secondary N) is 1. The van der Waals surface area contributed by atoms with Crippen LogP contribution in [-0.2, 0) is 11.3 Å². The molecule has 1 N–H and O–H groups in total. The first-order chi connectivity index (χ1) is 14.3. The normalized spacial score (nSPS) is 16.1. The van der Waals surface area contributed by atoms with Gasteiger partial charge in [-0.25, -0.2) is 0 Å². The summed E-state index contributed by atoms with van der Waals surface area (Å²) in [5.74, 6) is -0.346. The molecule has 0 spiro atoms. The Morgan fingerprint density at radius 2 is 1.77 bits per heavy atom. The van der Waals surface area contributed by atoms with Crippen molar-refractivity contribution in [2.24, 2.45) is 0 Å². The molecule has 0 aromatic heterocycles. The maximum atomic E-state index is 12.4. The van der Waals surface area contributed by atoms with Gasteiger partial charge in [-0.05, 0) is 49.3 Å². The summed E-state index contributed by atoms with van der Waals surface area (Å²) < 4.78 is 41.2. The molecule has 1 heterocycles. The van der Waals surface area contributed by atoms with E-state index < -0.39 is 6.36 Å². The van der Waals surface area contributed by atoms with Gasteiger partial charge in [0.05, 0.1) is 17.3 Å². The van der Waals surface area contributed by atoms with Crippen LogP contribution in [0.2, 0.25) is 5.02 Å². The SMILES string of the molecule is O=C(CN1CCCN(Cc2cccc(OC(F)(F)F)c2)CC1)Nc1ccccc1Cl. The lowest BCUT2D eigenvalue weighted by Crippen LogP contribution is -2.36. The molecular formula is C21H23ClF3N3O2. The van der Waals surface area contributed by atoms with E-state index in [4.69, 9.17) is 11.6 Å². The molecule has 1 fully saturated rings. The van der Waals surface area contributed by atoms with Crippen molar-refractivity contribution in [3.8, 4) is 5.75 Å². The summed E-state index contributed by atoms with van der Waals surface area (Å²) in [6, 6.07) is 13.1. The largest absolute Gasteiger partial charge is 0.573 e. The van der Waals surface area contributed by atoms with E-state index >= 15 is 0 Å². The van der Waals surface area contributed by atoms with E-state index in [9.17, 15) is 18.0 Å². The van der Waals surface area contributed by atoms with Crippen molar-refractivity contribution in [1.29, 1.82) is 0 Å². The first-order valence-corrected chi connectivity index (χ1v) is 10.00. The molecule has 1 aliphatic rings. The Morgan fingerprint density at radius 3 is 2.53 bits per heavy atom. The molecule has 0 bridgehead atoms. The zero-order chi connectivity index (χ0) is 21.6. The first-order valence-electron chi connectivity index (χ1n) is 9.62. The number of carbonyl (C=O) groups is 1. The summed E-state index contributed by atoms with van der Waals surface area (Å²) in [5, 5.41) is 3.31. The van der Waals surface area contributed by atoms with Gasteiger partial charge in [-0.1, -0.05) is 35.9 Å². The highest BCUT2D eigenvalue weighted by Gasteiger charge is 2.31. The van der Waals surface area contributed by atoms with Gasteiger partial charge in [0.1, 0.15) is 5.75 Å². The molecule has 1 aliphatic heterocycles. The van der Waals surface area contributed by atoms with Gasteiger partial charge in [0.15, 0.2) is 0 Å². The molecule has 0 radical (unpaired) electrons. The summed E-state index contributed by atoms with van der Waals surface area (Å²) in [4.78, 5) is 16.6. The molecule has 9 heteroatoms. The lowest BCUT2D eigenvalue weighted by atomic mass is 10.2. The van der Waals surface area contributed by atoms with E-state index in [1.165, 1.54) is 12.1 Å². The number of ether oxygens (including phenoxy) is 1. The van der Waals surface area contributed by atoms with E-state index in [-0.39, 0.29) is 18.2 Å². The second-order valence-corrected chi connectivity index (χ2v) is 7.54. The number of anilines is 1. The Bertz CT molecular complexity index is 863. The molecule has 0 unspecified atom stereocenters. The van der Waals surface area contributed by atoms with E-state index in [1.54, 1.807) is 36.4 Å². The van der Waals surface area contributed by atoms with Crippen LogP contribution in [0, 0.1) is 0 Å². The third kappa shape index (κ3) is 7.19. The predicted octanol–water partition coefficient (Wildman–Crippen LogP) is 4.39. The fraction of sp³-hybridized carbons (Fsp3) is 0.381. The summed E-state index contributed by atoms with van der Waals surface area (Å²) in [6.07, 6.45) is -3.84. The second-order valence-electron chi connectivity index (χ2n) is 7.13. The van der Waals surface area contributed by atoms with Gasteiger partial charge < -0.3 is 10.1 Å². The number of para-hydroxylation sites is 1. The summed E-state index contributed by atoms with van der Waals surface area (Å²) in [7, 11) is 0. The standard InChI is InChI=1S/C21H23ClF3N3O2/c22-18-7-1-2-8-19(18)26-20(29)15-28-10-4-9-27(11-12-28)14-16-5-3-6-17(13-16)30-21(23,24)25/h1-3,5-8,13H,4,9-12,14-15H2,(H,26,29). The zero-order valence-electron chi connectivity index (χ0n) is 16.3. The average Bonchev–Trinajstić information content (AvgIpc) is 2.88. The van der Waals surface area contributed by atoms with Gasteiger partial charge >= 0.3 is 6.36 Å². The summed E-state index contributed by atoms with van der Waals surface area (Å²) in [5.41, 5.74) is 1.34. The smallest absolute Gasteiger partial charge is 0.406 e. The topological polar surface area (TPSA) is 44.8 Å². The number of rotatable bonds is 6. The van der Waals surface area contributed by atoms with E-state index in [0.29, 0.717) is 30.3 Å². The quantitative estimate of drug-likeness (QED) is 0.722. The minimum Gasteiger partial charge on any atom is -0.406 e. The molecule has 2 aromatic rings. The van der Waals surface area contributed by atoms with Crippen LogP contribution in [0.5, 0.6) is 5.75 Å². The van der Waals surface area contributed by atoms with Crippen molar-refractivity contribution in [3.63, 3.8) is 0 Å². The van der Waals surface area contributed by atoms with Crippen LogP contribution in [-0.4, -0.2) is 54.8 Å². The van der Waals surface area contributed by atoms with Crippen LogP contribution in [0.3, 0.4) is 0 Å². The average molecular weight is 442 g/mol. The maximum Gasteiger partial charge on any atom is 0.573 e. The van der Waals surface area contributed by atoms with Crippen molar-refractivity contribution in [2.45, 2.75) is 19.3 Å². The van der Waals surface area contributed by atoms with Crippen LogP contribution in [0.15, 0.2) is 48.5 Å². The van der Waals surface area contributed by atoms with Crippen molar-refractivity contribution >= 4 is 23.2 Å². The zero-order valence-corrected chi connectivity index (χ0v) is 17.0. The van der Waals surface area contributed by atoms with Crippen molar-refractivity contribution in [3.05, 3.63) is 59.1 Å². The third-order valence-electron chi connectivity index (χ3n) is 4.73. The highest BCUT2D eigenvalue weighted by molar-refractivity contribution is 6.33. The molecule has 1 saturated heterocycles. The maximum absolute atomic E-state index is 12.4. The molecule has 0 aliphatic carbocycles. The molecule has 0 atom stereocenters. The number of carbonyl (C=O) groups excluding carboxylic acids is 1. The Hall–Kier alpha value is -2.29. The molecule has 0 saturated carbocycles. The summed E-state index contributed by atoms with van der Waals surface area (Å²) in [6.45, 7) is 3.75. The fourth-order valence-corrected chi connectivity index (χ4v) is 3.58. The molecule has 30 heavy (non-hydrogen) atoms. The third-order valence-corrected chi connectivity index (χ3v) is 5.06. The Morgan fingerprint density at radius 1 is 1.03 bits per heavy atom. The Labute approximate surface area is 178 Å². The fourth-order valence-electron chi connectivity index (χ4n) is 3.40. The Balaban J connectivity index is 1.50. The highest BCUT2D eigenvalue weighted by Crippen LogP contribution is 2.24. The molecular weight excluding hydrogens is 419 g/mol. The molecule has 162 valence electrons. The van der Waals surface area contributed by atoms with E-state index in [0.717, 1.165) is 25.1 Å². The lowest BCUT2D eigenvalue weighted by Gasteiger charge is -2.22. The van der Waals surface area contributed by atoms with Crippen LogP contribution >= 0.6 is 11.6 Å². The number of benzene rings is 2. The van der Waals surface area contributed by atoms with Crippen molar-refractivity contribution < 1.29 is 22.7 Å². The van der Waals surface area contributed by atoms with E-state index in [2.05, 4.69) is 19.9 Å². The van der Waals surface area contributed by atoms with Gasteiger partial charge in [0.2, 0.25) is 5.91 Å². The van der Waals surface area contributed by atoms with Gasteiger partial charge in [-0.3, -0.25) is 14.6 Å². The van der Waals surface area contributed by atoms with Crippen molar-refractivity contribution in [1.82, 2.24) is 9.80 Å². The van der Waals surface area contributed by atoms with Gasteiger partial charge in [-0.2, -0.15) is 0 Å². The molecule has 2 aromatic carbocycles.